The fourth-order valence-corrected chi connectivity index (χ4v) is 8.51. The summed E-state index contributed by atoms with van der Waals surface area (Å²) in [6.07, 6.45) is 0. The molecule has 0 aliphatic heterocycles. The Kier molecular flexibility index (Phi) is 6.50. The average molecular weight is 719 g/mol. The minimum Gasteiger partial charge on any atom is -0.439 e. The first-order valence-corrected chi connectivity index (χ1v) is 18.7. The first-order valence-electron chi connectivity index (χ1n) is 18.7. The van der Waals surface area contributed by atoms with Gasteiger partial charge in [-0.2, -0.15) is 9.97 Å². The van der Waals surface area contributed by atoms with Crippen molar-refractivity contribution in [3.05, 3.63) is 182 Å². The van der Waals surface area contributed by atoms with E-state index in [2.05, 4.69) is 117 Å². The van der Waals surface area contributed by atoms with Crippen molar-refractivity contribution in [2.45, 2.75) is 0 Å². The number of hydrogen-bond donors (Lipinski definition) is 0. The Morgan fingerprint density at radius 1 is 0.375 bits per heavy atom. The van der Waals surface area contributed by atoms with Crippen LogP contribution in [0.1, 0.15) is 0 Å². The lowest BCUT2D eigenvalue weighted by atomic mass is 10.1. The third-order valence-electron chi connectivity index (χ3n) is 10.9. The summed E-state index contributed by atoms with van der Waals surface area (Å²) >= 11 is 0. The summed E-state index contributed by atoms with van der Waals surface area (Å²) in [4.78, 5) is 15.5. The fraction of sp³-hybridized carbons (Fsp3) is 0. The van der Waals surface area contributed by atoms with Crippen molar-refractivity contribution in [1.82, 2.24) is 28.7 Å². The van der Waals surface area contributed by atoms with Crippen molar-refractivity contribution in [2.24, 2.45) is 0 Å². The van der Waals surface area contributed by atoms with E-state index in [4.69, 9.17) is 19.4 Å². The molecule has 7 aromatic carbocycles. The second kappa shape index (κ2) is 11.9. The van der Waals surface area contributed by atoms with E-state index in [9.17, 15) is 0 Å². The van der Waals surface area contributed by atoms with Crippen LogP contribution in [0.5, 0.6) is 0 Å². The van der Waals surface area contributed by atoms with Gasteiger partial charge in [0.1, 0.15) is 11.2 Å². The Labute approximate surface area is 320 Å². The highest BCUT2D eigenvalue weighted by atomic mass is 16.3. The minimum absolute atomic E-state index is 0.547. The molecular weight excluding hydrogens is 689 g/mol. The van der Waals surface area contributed by atoms with Gasteiger partial charge in [0.25, 0.3) is 0 Å². The molecule has 0 radical (unpaired) electrons. The van der Waals surface area contributed by atoms with Crippen LogP contribution in [-0.2, 0) is 0 Å². The lowest BCUT2D eigenvalue weighted by Crippen LogP contribution is -2.08. The number of nitrogens with zero attached hydrogens (tertiary/aromatic N) is 6. The Balaban J connectivity index is 1.21. The molecule has 0 aliphatic rings. The fourth-order valence-electron chi connectivity index (χ4n) is 8.51. The topological polar surface area (TPSA) is 66.6 Å². The van der Waals surface area contributed by atoms with E-state index in [1.54, 1.807) is 0 Å². The lowest BCUT2D eigenvalue weighted by molar-refractivity contribution is 0.645. The normalized spacial score (nSPS) is 11.9. The van der Waals surface area contributed by atoms with Crippen LogP contribution in [0, 0.1) is 0 Å². The third-order valence-corrected chi connectivity index (χ3v) is 10.9. The molecule has 12 aromatic rings. The van der Waals surface area contributed by atoms with Gasteiger partial charge in [-0.1, -0.05) is 133 Å². The second-order valence-corrected chi connectivity index (χ2v) is 14.1. The van der Waals surface area contributed by atoms with Gasteiger partial charge in [0.05, 0.1) is 21.9 Å². The molecule has 0 spiro atoms. The van der Waals surface area contributed by atoms with Crippen molar-refractivity contribution in [3.63, 3.8) is 0 Å². The number of rotatable bonds is 5. The van der Waals surface area contributed by atoms with E-state index >= 15 is 0 Å². The Hall–Kier alpha value is -7.77. The van der Waals surface area contributed by atoms with Gasteiger partial charge in [0.15, 0.2) is 11.6 Å². The number of fused-ring (bicyclic) bond motifs is 10. The van der Waals surface area contributed by atoms with Crippen LogP contribution >= 0.6 is 0 Å². The highest BCUT2D eigenvalue weighted by Crippen LogP contribution is 2.43. The summed E-state index contributed by atoms with van der Waals surface area (Å²) in [5.41, 5.74) is 9.72. The summed E-state index contributed by atoms with van der Waals surface area (Å²) in [5, 5.41) is 6.74. The first-order chi connectivity index (χ1) is 27.8. The van der Waals surface area contributed by atoms with Gasteiger partial charge in [-0.25, -0.2) is 4.98 Å². The molecule has 5 heterocycles. The summed E-state index contributed by atoms with van der Waals surface area (Å²) in [5.74, 6) is 1.77. The molecule has 7 nitrogen and oxygen atoms in total. The standard InChI is InChI=1S/C49H30N6O/c1-4-16-31(17-5-1)45-50-46(32-18-6-2-7-19-32)52-49(51-45)55-40-26-14-11-23-36(40)43-35-22-10-13-25-39(35)53(47(43)55)34-28-29-37-41(30-34)54(33-20-8-3-9-21-33)48-44(37)38-24-12-15-27-42(38)56-48/h1-30H. The molecule has 0 unspecified atom stereocenters. The number of benzene rings is 7. The molecule has 0 atom stereocenters. The predicted molar refractivity (Wildman–Crippen MR) is 226 cm³/mol. The van der Waals surface area contributed by atoms with E-state index in [1.807, 2.05) is 78.9 Å². The number of para-hydroxylation sites is 4. The summed E-state index contributed by atoms with van der Waals surface area (Å²) < 4.78 is 13.5. The zero-order chi connectivity index (χ0) is 36.7. The van der Waals surface area contributed by atoms with Crippen molar-refractivity contribution in [3.8, 4) is 40.1 Å². The average Bonchev–Trinajstić information content (AvgIpc) is 4.00. The van der Waals surface area contributed by atoms with Gasteiger partial charge >= 0.3 is 0 Å². The van der Waals surface area contributed by atoms with Crippen molar-refractivity contribution in [1.29, 1.82) is 0 Å². The van der Waals surface area contributed by atoms with Crippen LogP contribution in [0.15, 0.2) is 186 Å². The van der Waals surface area contributed by atoms with Crippen molar-refractivity contribution < 1.29 is 4.42 Å². The SMILES string of the molecule is c1ccc(-c2nc(-c3ccccc3)nc(-n3c4ccccc4c4c5ccccc5n(-c5ccc6c7c8ccccc8oc7n(-c7ccccc7)c6c5)c43)n2)cc1. The van der Waals surface area contributed by atoms with Crippen molar-refractivity contribution in [2.75, 3.05) is 0 Å². The number of aromatic nitrogens is 6. The molecule has 0 amide bonds. The molecule has 0 N–H and O–H groups in total. The number of hydrogen-bond acceptors (Lipinski definition) is 4. The summed E-state index contributed by atoms with van der Waals surface area (Å²) in [6.45, 7) is 0. The van der Waals surface area contributed by atoms with Crippen LogP contribution < -0.4 is 0 Å². The molecule has 0 saturated carbocycles. The van der Waals surface area contributed by atoms with Crippen LogP contribution in [0.4, 0.5) is 0 Å². The van der Waals surface area contributed by atoms with E-state index in [0.717, 1.165) is 88.3 Å². The van der Waals surface area contributed by atoms with Crippen LogP contribution in [0.3, 0.4) is 0 Å². The van der Waals surface area contributed by atoms with Crippen LogP contribution in [0.25, 0.3) is 106 Å². The molecule has 0 fully saturated rings. The van der Waals surface area contributed by atoms with Gasteiger partial charge in [0, 0.05) is 49.4 Å². The summed E-state index contributed by atoms with van der Waals surface area (Å²) in [6, 6.07) is 63.0. The van der Waals surface area contributed by atoms with Gasteiger partial charge in [-0.3, -0.25) is 13.7 Å². The van der Waals surface area contributed by atoms with Crippen LogP contribution in [0.2, 0.25) is 0 Å². The van der Waals surface area contributed by atoms with Gasteiger partial charge in [0.2, 0.25) is 11.7 Å². The largest absolute Gasteiger partial charge is 0.439 e. The maximum Gasteiger partial charge on any atom is 0.239 e. The molecule has 56 heavy (non-hydrogen) atoms. The molecule has 7 heteroatoms. The van der Waals surface area contributed by atoms with Crippen molar-refractivity contribution >= 4 is 65.8 Å². The molecule has 0 saturated heterocycles. The molecule has 262 valence electrons. The quantitative estimate of drug-likeness (QED) is 0.178. The Morgan fingerprint density at radius 3 is 1.57 bits per heavy atom. The van der Waals surface area contributed by atoms with Crippen LogP contribution in [-0.4, -0.2) is 28.7 Å². The van der Waals surface area contributed by atoms with E-state index in [1.165, 1.54) is 0 Å². The first kappa shape index (κ1) is 30.7. The maximum atomic E-state index is 6.64. The Morgan fingerprint density at radius 2 is 0.911 bits per heavy atom. The van der Waals surface area contributed by atoms with E-state index in [0.29, 0.717) is 17.6 Å². The predicted octanol–water partition coefficient (Wildman–Crippen LogP) is 12.1. The third kappa shape index (κ3) is 4.42. The smallest absolute Gasteiger partial charge is 0.239 e. The van der Waals surface area contributed by atoms with Gasteiger partial charge < -0.3 is 4.42 Å². The second-order valence-electron chi connectivity index (χ2n) is 14.1. The molecule has 5 aromatic heterocycles. The van der Waals surface area contributed by atoms with Gasteiger partial charge in [-0.15, -0.1) is 0 Å². The maximum absolute atomic E-state index is 6.64. The molecule has 0 bridgehead atoms. The zero-order valence-electron chi connectivity index (χ0n) is 29.9. The molecule has 0 aliphatic carbocycles. The number of furan rings is 1. The highest BCUT2D eigenvalue weighted by molar-refractivity contribution is 6.23. The van der Waals surface area contributed by atoms with E-state index in [-0.39, 0.29) is 0 Å². The minimum atomic E-state index is 0.547. The highest BCUT2D eigenvalue weighted by Gasteiger charge is 2.26. The monoisotopic (exact) mass is 718 g/mol. The van der Waals surface area contributed by atoms with Gasteiger partial charge in [-0.05, 0) is 48.5 Å². The molecular formula is C49H30N6O. The Bertz CT molecular complexity index is 3410. The molecule has 12 rings (SSSR count). The lowest BCUT2D eigenvalue weighted by Gasteiger charge is -2.14. The van der Waals surface area contributed by atoms with E-state index < -0.39 is 0 Å². The summed E-state index contributed by atoms with van der Waals surface area (Å²) in [7, 11) is 0. The zero-order valence-corrected chi connectivity index (χ0v) is 29.9.